The summed E-state index contributed by atoms with van der Waals surface area (Å²) in [6.45, 7) is 0.958. The number of nitrogens with zero attached hydrogens (tertiary/aromatic N) is 1. The Morgan fingerprint density at radius 1 is 1.11 bits per heavy atom. The number of piperidine rings is 1. The number of carboxylic acids is 1. The summed E-state index contributed by atoms with van der Waals surface area (Å²) < 4.78 is 32.2. The van der Waals surface area contributed by atoms with Crippen molar-refractivity contribution in [3.63, 3.8) is 0 Å². The number of aryl methyl sites for hydroxylation is 1. The van der Waals surface area contributed by atoms with Crippen LogP contribution in [0.2, 0.25) is 0 Å². The van der Waals surface area contributed by atoms with Crippen molar-refractivity contribution >= 4 is 11.9 Å². The Hall–Kier alpha value is -2.96. The van der Waals surface area contributed by atoms with E-state index >= 15 is 0 Å². The second-order valence-corrected chi connectivity index (χ2v) is 6.74. The van der Waals surface area contributed by atoms with Crippen LogP contribution >= 0.6 is 0 Å². The van der Waals surface area contributed by atoms with Crippen LogP contribution in [0.5, 0.6) is 5.75 Å². The van der Waals surface area contributed by atoms with E-state index in [1.807, 2.05) is 0 Å². The standard InChI is InChI=1S/C21H21F2NO4/c22-15-6-7-19(18(23)13-15)28-16-9-11-24(12-10-16)20(25)8-5-14-3-1-2-4-17(14)21(26)27/h1-4,6-7,13,16H,5,8-12H2,(H,26,27). The van der Waals surface area contributed by atoms with Crippen LogP contribution < -0.4 is 4.74 Å². The molecule has 2 aromatic carbocycles. The molecule has 1 aliphatic heterocycles. The highest BCUT2D eigenvalue weighted by Crippen LogP contribution is 2.23. The van der Waals surface area contributed by atoms with Crippen LogP contribution in [0.4, 0.5) is 8.78 Å². The molecule has 0 atom stereocenters. The summed E-state index contributed by atoms with van der Waals surface area (Å²) in [5.41, 5.74) is 0.845. The normalized spacial score (nSPS) is 14.7. The highest BCUT2D eigenvalue weighted by Gasteiger charge is 2.24. The zero-order valence-electron chi connectivity index (χ0n) is 15.2. The Balaban J connectivity index is 1.49. The van der Waals surface area contributed by atoms with Gasteiger partial charge in [-0.05, 0) is 30.2 Å². The number of carboxylic acid groups (broad SMARTS) is 1. The van der Waals surface area contributed by atoms with Gasteiger partial charge in [0.1, 0.15) is 11.9 Å². The maximum Gasteiger partial charge on any atom is 0.335 e. The lowest BCUT2D eigenvalue weighted by Gasteiger charge is -2.32. The number of aromatic carboxylic acids is 1. The number of amides is 1. The molecule has 0 radical (unpaired) electrons. The topological polar surface area (TPSA) is 66.8 Å². The molecule has 28 heavy (non-hydrogen) atoms. The number of ether oxygens (including phenoxy) is 1. The number of hydrogen-bond donors (Lipinski definition) is 1. The maximum absolute atomic E-state index is 13.7. The van der Waals surface area contributed by atoms with E-state index in [0.717, 1.165) is 12.1 Å². The average Bonchev–Trinajstić information content (AvgIpc) is 2.69. The fourth-order valence-corrected chi connectivity index (χ4v) is 3.32. The van der Waals surface area contributed by atoms with Gasteiger partial charge in [0.2, 0.25) is 5.91 Å². The summed E-state index contributed by atoms with van der Waals surface area (Å²) in [6, 6.07) is 9.85. The summed E-state index contributed by atoms with van der Waals surface area (Å²) in [6.07, 6.45) is 1.44. The fraction of sp³-hybridized carbons (Fsp3) is 0.333. The molecule has 3 rings (SSSR count). The molecule has 1 aliphatic rings. The van der Waals surface area contributed by atoms with Crippen LogP contribution in [0.25, 0.3) is 0 Å². The summed E-state index contributed by atoms with van der Waals surface area (Å²) in [5.74, 6) is -2.44. The predicted octanol–water partition coefficient (Wildman–Crippen LogP) is 3.67. The van der Waals surface area contributed by atoms with Crippen LogP contribution in [0.3, 0.4) is 0 Å². The molecule has 7 heteroatoms. The van der Waals surface area contributed by atoms with Crippen LogP contribution in [0, 0.1) is 11.6 Å². The van der Waals surface area contributed by atoms with Gasteiger partial charge in [-0.15, -0.1) is 0 Å². The predicted molar refractivity (Wildman–Crippen MR) is 98.3 cm³/mol. The zero-order valence-corrected chi connectivity index (χ0v) is 15.2. The van der Waals surface area contributed by atoms with Gasteiger partial charge in [-0.25, -0.2) is 13.6 Å². The second-order valence-electron chi connectivity index (χ2n) is 6.74. The summed E-state index contributed by atoms with van der Waals surface area (Å²) in [7, 11) is 0. The highest BCUT2D eigenvalue weighted by atomic mass is 19.1. The Kier molecular flexibility index (Phi) is 6.23. The van der Waals surface area contributed by atoms with Gasteiger partial charge in [0.15, 0.2) is 11.6 Å². The minimum absolute atomic E-state index is 0.0106. The Morgan fingerprint density at radius 2 is 1.82 bits per heavy atom. The lowest BCUT2D eigenvalue weighted by molar-refractivity contribution is -0.132. The quantitative estimate of drug-likeness (QED) is 0.819. The molecule has 1 N–H and O–H groups in total. The first-order chi connectivity index (χ1) is 13.4. The Labute approximate surface area is 161 Å². The molecule has 0 unspecified atom stereocenters. The van der Waals surface area contributed by atoms with Gasteiger partial charge in [0.25, 0.3) is 0 Å². The number of hydrogen-bond acceptors (Lipinski definition) is 3. The van der Waals surface area contributed by atoms with E-state index in [4.69, 9.17) is 4.74 Å². The molecule has 2 aromatic rings. The van der Waals surface area contributed by atoms with Gasteiger partial charge in [-0.3, -0.25) is 4.79 Å². The minimum atomic E-state index is -1.01. The van der Waals surface area contributed by atoms with E-state index in [-0.39, 0.29) is 29.7 Å². The molecular weight excluding hydrogens is 368 g/mol. The van der Waals surface area contributed by atoms with Crippen molar-refractivity contribution in [1.29, 1.82) is 0 Å². The number of carbonyl (C=O) groups excluding carboxylic acids is 1. The summed E-state index contributed by atoms with van der Waals surface area (Å²) in [4.78, 5) is 25.4. The smallest absolute Gasteiger partial charge is 0.335 e. The van der Waals surface area contributed by atoms with Crippen molar-refractivity contribution in [3.8, 4) is 5.75 Å². The molecule has 0 bridgehead atoms. The molecule has 1 saturated heterocycles. The first-order valence-corrected chi connectivity index (χ1v) is 9.14. The molecule has 0 saturated carbocycles. The van der Waals surface area contributed by atoms with Gasteiger partial charge in [0, 0.05) is 38.4 Å². The largest absolute Gasteiger partial charge is 0.487 e. The summed E-state index contributed by atoms with van der Waals surface area (Å²) >= 11 is 0. The molecule has 1 heterocycles. The van der Waals surface area contributed by atoms with Crippen molar-refractivity contribution in [2.45, 2.75) is 31.8 Å². The van der Waals surface area contributed by atoms with Crippen molar-refractivity contribution in [2.75, 3.05) is 13.1 Å². The second kappa shape index (κ2) is 8.82. The molecule has 5 nitrogen and oxygen atoms in total. The number of rotatable bonds is 6. The van der Waals surface area contributed by atoms with Gasteiger partial charge < -0.3 is 14.7 Å². The van der Waals surface area contributed by atoms with Crippen molar-refractivity contribution in [3.05, 3.63) is 65.2 Å². The third-order valence-electron chi connectivity index (χ3n) is 4.84. The minimum Gasteiger partial charge on any atom is -0.487 e. The van der Waals surface area contributed by atoms with Crippen LogP contribution in [0.15, 0.2) is 42.5 Å². The third-order valence-corrected chi connectivity index (χ3v) is 4.84. The van der Waals surface area contributed by atoms with Crippen LogP contribution in [-0.2, 0) is 11.2 Å². The number of carbonyl (C=O) groups is 2. The summed E-state index contributed by atoms with van der Waals surface area (Å²) in [5, 5.41) is 9.21. The Morgan fingerprint density at radius 3 is 2.50 bits per heavy atom. The zero-order chi connectivity index (χ0) is 20.1. The lowest BCUT2D eigenvalue weighted by atomic mass is 10.0. The van der Waals surface area contributed by atoms with E-state index in [1.165, 1.54) is 12.1 Å². The van der Waals surface area contributed by atoms with Crippen LogP contribution in [0.1, 0.15) is 35.2 Å². The molecule has 0 aromatic heterocycles. The van der Waals surface area contributed by atoms with E-state index in [2.05, 4.69) is 0 Å². The van der Waals surface area contributed by atoms with Crippen molar-refractivity contribution in [2.24, 2.45) is 0 Å². The molecule has 1 fully saturated rings. The lowest BCUT2D eigenvalue weighted by Crippen LogP contribution is -2.42. The maximum atomic E-state index is 13.7. The first-order valence-electron chi connectivity index (χ1n) is 9.14. The monoisotopic (exact) mass is 389 g/mol. The average molecular weight is 389 g/mol. The molecule has 148 valence electrons. The molecule has 0 spiro atoms. The molecular formula is C21H21F2NO4. The third kappa shape index (κ3) is 4.85. The van der Waals surface area contributed by atoms with E-state index in [1.54, 1.807) is 23.1 Å². The van der Waals surface area contributed by atoms with Gasteiger partial charge in [-0.2, -0.15) is 0 Å². The van der Waals surface area contributed by atoms with Crippen molar-refractivity contribution < 1.29 is 28.2 Å². The number of benzene rings is 2. The van der Waals surface area contributed by atoms with E-state index in [0.29, 0.717) is 37.9 Å². The van der Waals surface area contributed by atoms with E-state index < -0.39 is 17.6 Å². The fourth-order valence-electron chi connectivity index (χ4n) is 3.32. The molecule has 0 aliphatic carbocycles. The van der Waals surface area contributed by atoms with Gasteiger partial charge in [-0.1, -0.05) is 18.2 Å². The van der Waals surface area contributed by atoms with E-state index in [9.17, 15) is 23.5 Å². The number of likely N-dealkylation sites (tertiary alicyclic amines) is 1. The van der Waals surface area contributed by atoms with Gasteiger partial charge in [0.05, 0.1) is 5.56 Å². The molecule has 1 amide bonds. The number of halogens is 2. The highest BCUT2D eigenvalue weighted by molar-refractivity contribution is 5.89. The first kappa shape index (κ1) is 19.8. The Bertz CT molecular complexity index is 863. The SMILES string of the molecule is O=C(O)c1ccccc1CCC(=O)N1CCC(Oc2ccc(F)cc2F)CC1. The van der Waals surface area contributed by atoms with Crippen molar-refractivity contribution in [1.82, 2.24) is 4.90 Å². The van der Waals surface area contributed by atoms with Gasteiger partial charge >= 0.3 is 5.97 Å². The van der Waals surface area contributed by atoms with Crippen LogP contribution in [-0.4, -0.2) is 41.1 Å².